The van der Waals surface area contributed by atoms with E-state index < -0.39 is 5.82 Å². The Morgan fingerprint density at radius 3 is 2.75 bits per heavy atom. The van der Waals surface area contributed by atoms with Gasteiger partial charge in [-0.3, -0.25) is 9.78 Å². The van der Waals surface area contributed by atoms with Crippen LogP contribution < -0.4 is 10.5 Å². The van der Waals surface area contributed by atoms with Crippen molar-refractivity contribution in [3.63, 3.8) is 0 Å². The second kappa shape index (κ2) is 7.43. The zero-order valence-electron chi connectivity index (χ0n) is 15.0. The Kier molecular flexibility index (Phi) is 4.82. The first-order valence-corrected chi connectivity index (χ1v) is 8.71. The molecule has 1 fully saturated rings. The summed E-state index contributed by atoms with van der Waals surface area (Å²) in [5.74, 6) is -0.669. The van der Waals surface area contributed by atoms with E-state index in [9.17, 15) is 13.6 Å². The average Bonchev–Trinajstić information content (AvgIpc) is 2.71. The molecule has 1 atom stereocenters. The molecular formula is C19H17F2N5O2. The molecule has 1 aromatic carbocycles. The average molecular weight is 385 g/mol. The number of morpholine rings is 1. The van der Waals surface area contributed by atoms with Crippen LogP contribution in [0.15, 0.2) is 41.6 Å². The van der Waals surface area contributed by atoms with Crippen molar-refractivity contribution in [2.45, 2.75) is 13.0 Å². The highest BCUT2D eigenvalue weighted by atomic mass is 19.1. The van der Waals surface area contributed by atoms with Gasteiger partial charge in [0.15, 0.2) is 5.82 Å². The number of hydrogen-bond acceptors (Lipinski definition) is 6. The van der Waals surface area contributed by atoms with Crippen molar-refractivity contribution in [1.82, 2.24) is 19.9 Å². The zero-order chi connectivity index (χ0) is 19.7. The van der Waals surface area contributed by atoms with Crippen LogP contribution in [0.25, 0.3) is 11.4 Å². The van der Waals surface area contributed by atoms with Gasteiger partial charge in [0.2, 0.25) is 5.95 Å². The van der Waals surface area contributed by atoms with Crippen molar-refractivity contribution in [2.75, 3.05) is 24.6 Å². The summed E-state index contributed by atoms with van der Waals surface area (Å²) in [7, 11) is 0. The molecular weight excluding hydrogens is 368 g/mol. The van der Waals surface area contributed by atoms with Gasteiger partial charge in [-0.2, -0.15) is 0 Å². The number of aromatic amines is 1. The first-order valence-electron chi connectivity index (χ1n) is 8.71. The second-order valence-electron chi connectivity index (χ2n) is 6.44. The maximum Gasteiger partial charge on any atom is 0.255 e. The number of benzene rings is 1. The Morgan fingerprint density at radius 1 is 1.21 bits per heavy atom. The number of nitrogens with one attached hydrogen (secondary N) is 1. The standard InChI is InChI=1S/C19H17F2N5O2/c1-11-16(17-14(21)8-22-10-23-17)24-19(25-18(11)27)26-6-7-28-15(9-26)12-2-4-13(20)5-3-12/h2-5,8,10,15H,6-7,9H2,1H3,(H,24,25,27)/t15-/m1/s1. The molecule has 0 saturated carbocycles. The van der Waals surface area contributed by atoms with Crippen LogP contribution in [-0.4, -0.2) is 39.6 Å². The molecule has 4 rings (SSSR count). The van der Waals surface area contributed by atoms with Gasteiger partial charge in [0.05, 0.1) is 19.3 Å². The van der Waals surface area contributed by atoms with Crippen molar-refractivity contribution in [3.8, 4) is 11.4 Å². The number of H-pyrrole nitrogens is 1. The van der Waals surface area contributed by atoms with Gasteiger partial charge < -0.3 is 9.64 Å². The number of halogens is 2. The van der Waals surface area contributed by atoms with E-state index in [1.54, 1.807) is 19.1 Å². The summed E-state index contributed by atoms with van der Waals surface area (Å²) in [5.41, 5.74) is 0.863. The summed E-state index contributed by atoms with van der Waals surface area (Å²) in [4.78, 5) is 29.0. The molecule has 1 aliphatic heterocycles. The number of nitrogens with zero attached hydrogens (tertiary/aromatic N) is 4. The van der Waals surface area contributed by atoms with E-state index in [4.69, 9.17) is 4.74 Å². The summed E-state index contributed by atoms with van der Waals surface area (Å²) in [6.07, 6.45) is 1.93. The Labute approximate surface area is 159 Å². The molecule has 28 heavy (non-hydrogen) atoms. The fraction of sp³-hybridized carbons (Fsp3) is 0.263. The van der Waals surface area contributed by atoms with Crippen molar-refractivity contribution in [2.24, 2.45) is 0 Å². The summed E-state index contributed by atoms with van der Waals surface area (Å²) in [6, 6.07) is 6.08. The van der Waals surface area contributed by atoms with E-state index in [0.29, 0.717) is 25.6 Å². The maximum absolute atomic E-state index is 14.1. The first-order chi connectivity index (χ1) is 13.5. The number of anilines is 1. The minimum Gasteiger partial charge on any atom is -0.370 e. The summed E-state index contributed by atoms with van der Waals surface area (Å²) >= 11 is 0. The van der Waals surface area contributed by atoms with E-state index in [0.717, 1.165) is 11.8 Å². The van der Waals surface area contributed by atoms with Gasteiger partial charge in [-0.25, -0.2) is 23.7 Å². The number of ether oxygens (including phenoxy) is 1. The first kappa shape index (κ1) is 18.2. The number of aromatic nitrogens is 4. The lowest BCUT2D eigenvalue weighted by Crippen LogP contribution is -2.40. The zero-order valence-corrected chi connectivity index (χ0v) is 15.0. The molecule has 3 aromatic rings. The number of rotatable bonds is 3. The Morgan fingerprint density at radius 2 is 2.00 bits per heavy atom. The lowest BCUT2D eigenvalue weighted by Gasteiger charge is -2.33. The highest BCUT2D eigenvalue weighted by molar-refractivity contribution is 5.60. The fourth-order valence-corrected chi connectivity index (χ4v) is 3.11. The third-order valence-electron chi connectivity index (χ3n) is 4.64. The maximum atomic E-state index is 14.1. The lowest BCUT2D eigenvalue weighted by atomic mass is 10.1. The second-order valence-corrected chi connectivity index (χ2v) is 6.44. The van der Waals surface area contributed by atoms with Gasteiger partial charge in [0.1, 0.15) is 29.6 Å². The topological polar surface area (TPSA) is 84.0 Å². The molecule has 7 nitrogen and oxygen atoms in total. The van der Waals surface area contributed by atoms with Crippen LogP contribution in [0.1, 0.15) is 17.2 Å². The van der Waals surface area contributed by atoms with Crippen LogP contribution >= 0.6 is 0 Å². The van der Waals surface area contributed by atoms with E-state index in [1.807, 2.05) is 4.90 Å². The number of hydrogen-bond donors (Lipinski definition) is 1. The van der Waals surface area contributed by atoms with Gasteiger partial charge in [0, 0.05) is 12.1 Å². The molecule has 0 radical (unpaired) electrons. The SMILES string of the molecule is Cc1c(-c2ncncc2F)nc(N2CCO[C@@H](c3ccc(F)cc3)C2)[nH]c1=O. The molecule has 1 N–H and O–H groups in total. The smallest absolute Gasteiger partial charge is 0.255 e. The van der Waals surface area contributed by atoms with Gasteiger partial charge >= 0.3 is 0 Å². The Balaban J connectivity index is 1.68. The molecule has 0 spiro atoms. The lowest BCUT2D eigenvalue weighted by molar-refractivity contribution is 0.0392. The molecule has 2 aromatic heterocycles. The summed E-state index contributed by atoms with van der Waals surface area (Å²) in [5, 5.41) is 0. The monoisotopic (exact) mass is 385 g/mol. The largest absolute Gasteiger partial charge is 0.370 e. The van der Waals surface area contributed by atoms with Crippen LogP contribution in [0.2, 0.25) is 0 Å². The highest BCUT2D eigenvalue weighted by Crippen LogP contribution is 2.26. The highest BCUT2D eigenvalue weighted by Gasteiger charge is 2.25. The molecule has 3 heterocycles. The normalized spacial score (nSPS) is 17.0. The van der Waals surface area contributed by atoms with E-state index >= 15 is 0 Å². The Bertz CT molecular complexity index is 1050. The minimum absolute atomic E-state index is 0.0248. The molecule has 0 amide bonds. The van der Waals surface area contributed by atoms with Crippen molar-refractivity contribution in [1.29, 1.82) is 0 Å². The van der Waals surface area contributed by atoms with E-state index in [1.165, 1.54) is 18.5 Å². The van der Waals surface area contributed by atoms with Crippen LogP contribution in [0.4, 0.5) is 14.7 Å². The summed E-state index contributed by atoms with van der Waals surface area (Å²) < 4.78 is 33.1. The van der Waals surface area contributed by atoms with Crippen molar-refractivity contribution < 1.29 is 13.5 Å². The third kappa shape index (κ3) is 3.48. The van der Waals surface area contributed by atoms with E-state index in [-0.39, 0.29) is 34.4 Å². The van der Waals surface area contributed by atoms with Gasteiger partial charge in [0.25, 0.3) is 5.56 Å². The van der Waals surface area contributed by atoms with Crippen LogP contribution in [0.5, 0.6) is 0 Å². The molecule has 1 saturated heterocycles. The quantitative estimate of drug-likeness (QED) is 0.745. The molecule has 1 aliphatic rings. The molecule has 0 unspecified atom stereocenters. The van der Waals surface area contributed by atoms with Crippen LogP contribution in [0.3, 0.4) is 0 Å². The molecule has 0 bridgehead atoms. The molecule has 144 valence electrons. The van der Waals surface area contributed by atoms with Gasteiger partial charge in [-0.15, -0.1) is 0 Å². The molecule has 9 heteroatoms. The minimum atomic E-state index is -0.652. The summed E-state index contributed by atoms with van der Waals surface area (Å²) in [6.45, 7) is 2.86. The Hall–Kier alpha value is -3.20. The van der Waals surface area contributed by atoms with Gasteiger partial charge in [-0.1, -0.05) is 12.1 Å². The van der Waals surface area contributed by atoms with Crippen LogP contribution in [0, 0.1) is 18.6 Å². The fourth-order valence-electron chi connectivity index (χ4n) is 3.11. The van der Waals surface area contributed by atoms with E-state index in [2.05, 4.69) is 19.9 Å². The van der Waals surface area contributed by atoms with Crippen molar-refractivity contribution >= 4 is 5.95 Å². The predicted octanol–water partition coefficient (Wildman–Crippen LogP) is 2.39. The predicted molar refractivity (Wildman–Crippen MR) is 97.9 cm³/mol. The van der Waals surface area contributed by atoms with Gasteiger partial charge in [-0.05, 0) is 24.6 Å². The van der Waals surface area contributed by atoms with Crippen molar-refractivity contribution in [3.05, 3.63) is 69.9 Å². The van der Waals surface area contributed by atoms with Crippen LogP contribution in [-0.2, 0) is 4.74 Å². The third-order valence-corrected chi connectivity index (χ3v) is 4.64. The molecule has 0 aliphatic carbocycles.